The number of hydrogen-bond donors (Lipinski definition) is 1. The fourth-order valence-electron chi connectivity index (χ4n) is 2.46. The lowest BCUT2D eigenvalue weighted by molar-refractivity contribution is 0.732. The Labute approximate surface area is 133 Å². The zero-order valence-corrected chi connectivity index (χ0v) is 13.8. The summed E-state index contributed by atoms with van der Waals surface area (Å²) in [5.41, 5.74) is 3.85. The average molecular weight is 302 g/mol. The first kappa shape index (κ1) is 15.9. The minimum atomic E-state index is 0.316. The summed E-state index contributed by atoms with van der Waals surface area (Å²) in [6.45, 7) is 6.69. The van der Waals surface area contributed by atoms with Crippen molar-refractivity contribution >= 4 is 17.3 Å². The summed E-state index contributed by atoms with van der Waals surface area (Å²) >= 11 is 5.96. The summed E-state index contributed by atoms with van der Waals surface area (Å²) in [7, 11) is 0. The van der Waals surface area contributed by atoms with Crippen molar-refractivity contribution in [3.63, 3.8) is 0 Å². The maximum absolute atomic E-state index is 5.96. The third kappa shape index (κ3) is 4.25. The molecule has 2 aromatic rings. The second-order valence-corrected chi connectivity index (χ2v) is 6.02. The van der Waals surface area contributed by atoms with Gasteiger partial charge < -0.3 is 5.32 Å². The fourth-order valence-corrected chi connectivity index (χ4v) is 2.59. The van der Waals surface area contributed by atoms with Crippen molar-refractivity contribution in [3.05, 3.63) is 64.7 Å². The van der Waals surface area contributed by atoms with Gasteiger partial charge in [0.25, 0.3) is 0 Å². The van der Waals surface area contributed by atoms with Gasteiger partial charge in [-0.2, -0.15) is 0 Å². The van der Waals surface area contributed by atoms with Gasteiger partial charge in [0.1, 0.15) is 0 Å². The van der Waals surface area contributed by atoms with Crippen molar-refractivity contribution in [2.24, 2.45) is 0 Å². The molecule has 1 N–H and O–H groups in total. The van der Waals surface area contributed by atoms with Gasteiger partial charge in [0.05, 0.1) is 6.04 Å². The van der Waals surface area contributed by atoms with Gasteiger partial charge in [-0.3, -0.25) is 0 Å². The molecule has 2 aromatic carbocycles. The molecule has 2 atom stereocenters. The summed E-state index contributed by atoms with van der Waals surface area (Å²) in [6.07, 6.45) is 2.21. The van der Waals surface area contributed by atoms with Crippen LogP contribution in [0.1, 0.15) is 56.7 Å². The number of anilines is 1. The lowest BCUT2D eigenvalue weighted by Crippen LogP contribution is -2.09. The molecule has 0 aromatic heterocycles. The highest BCUT2D eigenvalue weighted by Crippen LogP contribution is 2.26. The number of benzene rings is 2. The highest BCUT2D eigenvalue weighted by atomic mass is 35.5. The molecule has 0 radical (unpaired) electrons. The van der Waals surface area contributed by atoms with Gasteiger partial charge in [0, 0.05) is 10.7 Å². The van der Waals surface area contributed by atoms with Crippen LogP contribution in [0.4, 0.5) is 5.69 Å². The van der Waals surface area contributed by atoms with Crippen molar-refractivity contribution in [1.82, 2.24) is 0 Å². The van der Waals surface area contributed by atoms with E-state index >= 15 is 0 Å². The first-order chi connectivity index (χ1) is 10.1. The van der Waals surface area contributed by atoms with Crippen molar-refractivity contribution in [2.75, 3.05) is 5.32 Å². The molecule has 0 aliphatic rings. The van der Waals surface area contributed by atoms with Gasteiger partial charge in [0.15, 0.2) is 0 Å². The number of nitrogens with one attached hydrogen (secondary N) is 1. The summed E-state index contributed by atoms with van der Waals surface area (Å²) in [5.74, 6) is 0.622. The Hall–Kier alpha value is -1.47. The molecule has 112 valence electrons. The quantitative estimate of drug-likeness (QED) is 0.649. The van der Waals surface area contributed by atoms with Gasteiger partial charge in [-0.25, -0.2) is 0 Å². The average Bonchev–Trinajstić information content (AvgIpc) is 2.53. The van der Waals surface area contributed by atoms with E-state index in [-0.39, 0.29) is 0 Å². The maximum atomic E-state index is 5.96. The van der Waals surface area contributed by atoms with Gasteiger partial charge in [-0.15, -0.1) is 0 Å². The lowest BCUT2D eigenvalue weighted by Gasteiger charge is -2.19. The first-order valence-electron chi connectivity index (χ1n) is 7.76. The number of halogens is 1. The number of rotatable bonds is 6. The lowest BCUT2D eigenvalue weighted by atomic mass is 9.98. The number of hydrogen-bond acceptors (Lipinski definition) is 1. The predicted octanol–water partition coefficient (Wildman–Crippen LogP) is 6.42. The molecule has 0 aliphatic heterocycles. The van der Waals surface area contributed by atoms with E-state index in [4.69, 9.17) is 11.6 Å². The second kappa shape index (κ2) is 7.51. The van der Waals surface area contributed by atoms with Crippen LogP contribution in [0.25, 0.3) is 0 Å². The summed E-state index contributed by atoms with van der Waals surface area (Å²) in [4.78, 5) is 0. The monoisotopic (exact) mass is 301 g/mol. The zero-order valence-electron chi connectivity index (χ0n) is 13.1. The summed E-state index contributed by atoms with van der Waals surface area (Å²) in [6, 6.07) is 17.2. The molecule has 2 heteroatoms. The molecule has 1 nitrogen and oxygen atoms in total. The standard InChI is InChI=1S/C19H24ClN/c1-4-14(3)15-8-12-18(13-9-15)21-19(5-2)16-6-10-17(20)11-7-16/h6-14,19,21H,4-5H2,1-3H3. The maximum Gasteiger partial charge on any atom is 0.0511 e. The van der Waals surface area contributed by atoms with Crippen molar-refractivity contribution in [1.29, 1.82) is 0 Å². The SMILES string of the molecule is CCC(C)c1ccc(NC(CC)c2ccc(Cl)cc2)cc1. The van der Waals surface area contributed by atoms with Crippen LogP contribution >= 0.6 is 11.6 Å². The van der Waals surface area contributed by atoms with Crippen LogP contribution in [0.15, 0.2) is 48.5 Å². The van der Waals surface area contributed by atoms with E-state index in [2.05, 4.69) is 62.5 Å². The molecule has 2 rings (SSSR count). The zero-order chi connectivity index (χ0) is 15.2. The predicted molar refractivity (Wildman–Crippen MR) is 93.3 cm³/mol. The molecule has 0 saturated heterocycles. The minimum Gasteiger partial charge on any atom is -0.378 e. The van der Waals surface area contributed by atoms with E-state index in [1.54, 1.807) is 0 Å². The van der Waals surface area contributed by atoms with E-state index < -0.39 is 0 Å². The Morgan fingerprint density at radius 3 is 1.95 bits per heavy atom. The molecular weight excluding hydrogens is 278 g/mol. The highest BCUT2D eigenvalue weighted by molar-refractivity contribution is 6.30. The second-order valence-electron chi connectivity index (χ2n) is 5.59. The Morgan fingerprint density at radius 1 is 0.857 bits per heavy atom. The Balaban J connectivity index is 2.09. The van der Waals surface area contributed by atoms with Crippen LogP contribution in [0.3, 0.4) is 0 Å². The van der Waals surface area contributed by atoms with E-state index in [1.165, 1.54) is 23.2 Å². The molecule has 0 bridgehead atoms. The summed E-state index contributed by atoms with van der Waals surface area (Å²) in [5, 5.41) is 4.39. The van der Waals surface area contributed by atoms with Crippen LogP contribution < -0.4 is 5.32 Å². The first-order valence-corrected chi connectivity index (χ1v) is 8.13. The summed E-state index contributed by atoms with van der Waals surface area (Å²) < 4.78 is 0. The van der Waals surface area contributed by atoms with Crippen molar-refractivity contribution in [3.8, 4) is 0 Å². The van der Waals surface area contributed by atoms with Crippen LogP contribution in [0.2, 0.25) is 5.02 Å². The van der Waals surface area contributed by atoms with Crippen LogP contribution in [0.5, 0.6) is 0 Å². The third-order valence-electron chi connectivity index (χ3n) is 4.11. The molecule has 21 heavy (non-hydrogen) atoms. The van der Waals surface area contributed by atoms with Crippen LogP contribution in [-0.2, 0) is 0 Å². The van der Waals surface area contributed by atoms with Gasteiger partial charge in [-0.1, -0.05) is 56.6 Å². The molecule has 0 aliphatic carbocycles. The molecular formula is C19H24ClN. The molecule has 0 heterocycles. The van der Waals surface area contributed by atoms with E-state index in [1.807, 2.05) is 12.1 Å². The van der Waals surface area contributed by atoms with E-state index in [0.717, 1.165) is 11.4 Å². The van der Waals surface area contributed by atoms with Crippen LogP contribution in [0, 0.1) is 0 Å². The Bertz CT molecular complexity index is 545. The van der Waals surface area contributed by atoms with Gasteiger partial charge in [-0.05, 0) is 54.2 Å². The molecule has 0 spiro atoms. The Morgan fingerprint density at radius 2 is 1.43 bits per heavy atom. The van der Waals surface area contributed by atoms with E-state index in [9.17, 15) is 0 Å². The fraction of sp³-hybridized carbons (Fsp3) is 0.368. The minimum absolute atomic E-state index is 0.316. The molecule has 0 saturated carbocycles. The van der Waals surface area contributed by atoms with Crippen molar-refractivity contribution in [2.45, 2.75) is 45.6 Å². The highest BCUT2D eigenvalue weighted by Gasteiger charge is 2.09. The molecule has 2 unspecified atom stereocenters. The normalized spacial score (nSPS) is 13.7. The van der Waals surface area contributed by atoms with Gasteiger partial charge >= 0.3 is 0 Å². The van der Waals surface area contributed by atoms with Crippen molar-refractivity contribution < 1.29 is 0 Å². The molecule has 0 amide bonds. The topological polar surface area (TPSA) is 12.0 Å². The van der Waals surface area contributed by atoms with Crippen LogP contribution in [-0.4, -0.2) is 0 Å². The van der Waals surface area contributed by atoms with E-state index in [0.29, 0.717) is 12.0 Å². The van der Waals surface area contributed by atoms with Gasteiger partial charge in [0.2, 0.25) is 0 Å². The third-order valence-corrected chi connectivity index (χ3v) is 4.37. The largest absolute Gasteiger partial charge is 0.378 e. The molecule has 0 fully saturated rings. The smallest absolute Gasteiger partial charge is 0.0511 e. The Kier molecular flexibility index (Phi) is 5.69.